The standard InChI is InChI=1S/C10H9BrClNO3/c1-16-10(15)13-6-2-3-7(8(12)4-6)9(14)5-11/h2-4H,5H2,1H3,(H,13,15). The molecule has 0 saturated heterocycles. The molecule has 86 valence electrons. The lowest BCUT2D eigenvalue weighted by atomic mass is 10.1. The van der Waals surface area contributed by atoms with Gasteiger partial charge in [-0.05, 0) is 18.2 Å². The highest BCUT2D eigenvalue weighted by atomic mass is 79.9. The zero-order chi connectivity index (χ0) is 12.1. The summed E-state index contributed by atoms with van der Waals surface area (Å²) < 4.78 is 4.43. The van der Waals surface area contributed by atoms with Gasteiger partial charge in [-0.15, -0.1) is 0 Å². The minimum atomic E-state index is -0.587. The van der Waals surface area contributed by atoms with E-state index in [1.54, 1.807) is 12.1 Å². The summed E-state index contributed by atoms with van der Waals surface area (Å²) >= 11 is 8.95. The Bertz CT molecular complexity index is 423. The molecule has 1 aromatic rings. The molecule has 0 heterocycles. The fourth-order valence-corrected chi connectivity index (χ4v) is 1.65. The molecule has 0 atom stereocenters. The zero-order valence-electron chi connectivity index (χ0n) is 8.42. The third kappa shape index (κ3) is 3.21. The van der Waals surface area contributed by atoms with E-state index in [-0.39, 0.29) is 11.1 Å². The van der Waals surface area contributed by atoms with Gasteiger partial charge in [0.25, 0.3) is 0 Å². The number of hydrogen-bond acceptors (Lipinski definition) is 3. The first-order chi connectivity index (χ1) is 7.58. The van der Waals surface area contributed by atoms with Crippen molar-refractivity contribution in [2.75, 3.05) is 17.8 Å². The van der Waals surface area contributed by atoms with Crippen molar-refractivity contribution in [1.29, 1.82) is 0 Å². The third-order valence-corrected chi connectivity index (χ3v) is 2.64. The molecule has 1 aromatic carbocycles. The maximum Gasteiger partial charge on any atom is 0.411 e. The zero-order valence-corrected chi connectivity index (χ0v) is 10.8. The summed E-state index contributed by atoms with van der Waals surface area (Å²) in [5.41, 5.74) is 0.886. The van der Waals surface area contributed by atoms with E-state index in [4.69, 9.17) is 11.6 Å². The Morgan fingerprint density at radius 2 is 2.19 bits per heavy atom. The molecule has 1 amide bonds. The number of rotatable bonds is 3. The van der Waals surface area contributed by atoms with Crippen LogP contribution in [0.2, 0.25) is 5.02 Å². The Morgan fingerprint density at radius 3 is 2.69 bits per heavy atom. The van der Waals surface area contributed by atoms with Gasteiger partial charge in [-0.25, -0.2) is 4.79 Å². The maximum atomic E-state index is 11.4. The van der Waals surface area contributed by atoms with Crippen LogP contribution in [0.4, 0.5) is 10.5 Å². The topological polar surface area (TPSA) is 55.4 Å². The van der Waals surface area contributed by atoms with Crippen LogP contribution in [0.5, 0.6) is 0 Å². The molecule has 4 nitrogen and oxygen atoms in total. The SMILES string of the molecule is COC(=O)Nc1ccc(C(=O)CBr)c(Cl)c1. The minimum absolute atomic E-state index is 0.116. The summed E-state index contributed by atoms with van der Waals surface area (Å²) in [6.07, 6.45) is -0.587. The molecule has 1 rings (SSSR count). The molecule has 0 bridgehead atoms. The predicted molar refractivity (Wildman–Crippen MR) is 65.6 cm³/mol. The van der Waals surface area contributed by atoms with Gasteiger partial charge >= 0.3 is 6.09 Å². The number of alkyl halides is 1. The Kier molecular flexibility index (Phi) is 4.76. The summed E-state index contributed by atoms with van der Waals surface area (Å²) in [7, 11) is 1.26. The molecule has 0 unspecified atom stereocenters. The smallest absolute Gasteiger partial charge is 0.411 e. The molecule has 0 radical (unpaired) electrons. The van der Waals surface area contributed by atoms with Crippen molar-refractivity contribution in [1.82, 2.24) is 0 Å². The molecule has 0 aromatic heterocycles. The van der Waals surface area contributed by atoms with Crippen molar-refractivity contribution in [3.8, 4) is 0 Å². The molecule has 0 spiro atoms. The summed E-state index contributed by atoms with van der Waals surface area (Å²) in [4.78, 5) is 22.3. The van der Waals surface area contributed by atoms with Gasteiger partial charge in [0.1, 0.15) is 0 Å². The summed E-state index contributed by atoms with van der Waals surface area (Å²) in [6, 6.07) is 4.63. The van der Waals surface area contributed by atoms with Crippen LogP contribution >= 0.6 is 27.5 Å². The van der Waals surface area contributed by atoms with Gasteiger partial charge in [-0.3, -0.25) is 10.1 Å². The molecule has 0 aliphatic carbocycles. The molecule has 0 aliphatic heterocycles. The number of Topliss-reactive ketones (excluding diaryl/α,β-unsaturated/α-hetero) is 1. The molecule has 0 aliphatic rings. The molecular formula is C10H9BrClNO3. The largest absolute Gasteiger partial charge is 0.453 e. The lowest BCUT2D eigenvalue weighted by molar-refractivity contribution is 0.102. The van der Waals surface area contributed by atoms with Gasteiger partial charge in [0.15, 0.2) is 5.78 Å². The van der Waals surface area contributed by atoms with Crippen LogP contribution in [0.15, 0.2) is 18.2 Å². The Balaban J connectivity index is 2.91. The van der Waals surface area contributed by atoms with Crippen LogP contribution in [-0.2, 0) is 4.74 Å². The molecule has 0 fully saturated rings. The fraction of sp³-hybridized carbons (Fsp3) is 0.200. The van der Waals surface area contributed by atoms with Gasteiger partial charge in [0.05, 0.1) is 17.5 Å². The van der Waals surface area contributed by atoms with Gasteiger partial charge in [0, 0.05) is 11.3 Å². The molecule has 0 saturated carbocycles. The van der Waals surface area contributed by atoms with Crippen LogP contribution in [0, 0.1) is 0 Å². The summed E-state index contributed by atoms with van der Waals surface area (Å²) in [6.45, 7) is 0. The van der Waals surface area contributed by atoms with E-state index < -0.39 is 6.09 Å². The van der Waals surface area contributed by atoms with Crippen molar-refractivity contribution in [3.05, 3.63) is 28.8 Å². The van der Waals surface area contributed by atoms with E-state index in [1.807, 2.05) is 0 Å². The van der Waals surface area contributed by atoms with Gasteiger partial charge < -0.3 is 4.74 Å². The Hall–Kier alpha value is -1.07. The first-order valence-electron chi connectivity index (χ1n) is 4.32. The van der Waals surface area contributed by atoms with Crippen LogP contribution in [0.3, 0.4) is 0 Å². The normalized spacial score (nSPS) is 9.69. The number of ketones is 1. The number of nitrogens with one attached hydrogen (secondary N) is 1. The number of benzene rings is 1. The van der Waals surface area contributed by atoms with E-state index in [2.05, 4.69) is 26.0 Å². The second-order valence-electron chi connectivity index (χ2n) is 2.87. The van der Waals surface area contributed by atoms with E-state index in [0.29, 0.717) is 16.3 Å². The number of ether oxygens (including phenoxy) is 1. The number of halogens is 2. The van der Waals surface area contributed by atoms with E-state index in [1.165, 1.54) is 13.2 Å². The Labute approximate surface area is 106 Å². The van der Waals surface area contributed by atoms with Gasteiger partial charge in [-0.2, -0.15) is 0 Å². The highest BCUT2D eigenvalue weighted by Gasteiger charge is 2.10. The van der Waals surface area contributed by atoms with Crippen LogP contribution in [0.25, 0.3) is 0 Å². The minimum Gasteiger partial charge on any atom is -0.453 e. The van der Waals surface area contributed by atoms with Crippen molar-refractivity contribution in [3.63, 3.8) is 0 Å². The first kappa shape index (κ1) is 13.0. The molecular weight excluding hydrogens is 297 g/mol. The van der Waals surface area contributed by atoms with E-state index in [9.17, 15) is 9.59 Å². The predicted octanol–water partition coefficient (Wildman–Crippen LogP) is 3.10. The van der Waals surface area contributed by atoms with E-state index in [0.717, 1.165) is 0 Å². The average Bonchev–Trinajstić information content (AvgIpc) is 2.28. The average molecular weight is 307 g/mol. The van der Waals surface area contributed by atoms with Crippen LogP contribution in [0.1, 0.15) is 10.4 Å². The number of methoxy groups -OCH3 is 1. The third-order valence-electron chi connectivity index (χ3n) is 1.82. The fourth-order valence-electron chi connectivity index (χ4n) is 1.06. The van der Waals surface area contributed by atoms with Crippen molar-refractivity contribution >= 4 is 45.1 Å². The number of hydrogen-bond donors (Lipinski definition) is 1. The number of amides is 1. The first-order valence-corrected chi connectivity index (χ1v) is 5.82. The quantitative estimate of drug-likeness (QED) is 0.689. The van der Waals surface area contributed by atoms with Crippen molar-refractivity contribution < 1.29 is 14.3 Å². The van der Waals surface area contributed by atoms with Crippen LogP contribution < -0.4 is 5.32 Å². The monoisotopic (exact) mass is 305 g/mol. The number of carbonyl (C=O) groups excluding carboxylic acids is 2. The molecule has 16 heavy (non-hydrogen) atoms. The lowest BCUT2D eigenvalue weighted by Gasteiger charge is -2.06. The highest BCUT2D eigenvalue weighted by Crippen LogP contribution is 2.22. The summed E-state index contributed by atoms with van der Waals surface area (Å²) in [5.74, 6) is -0.116. The van der Waals surface area contributed by atoms with Gasteiger partial charge in [-0.1, -0.05) is 27.5 Å². The lowest BCUT2D eigenvalue weighted by Crippen LogP contribution is -2.11. The number of carbonyl (C=O) groups is 2. The van der Waals surface area contributed by atoms with Crippen molar-refractivity contribution in [2.24, 2.45) is 0 Å². The second kappa shape index (κ2) is 5.86. The van der Waals surface area contributed by atoms with Gasteiger partial charge in [0.2, 0.25) is 0 Å². The highest BCUT2D eigenvalue weighted by molar-refractivity contribution is 9.09. The van der Waals surface area contributed by atoms with Crippen molar-refractivity contribution in [2.45, 2.75) is 0 Å². The second-order valence-corrected chi connectivity index (χ2v) is 3.84. The summed E-state index contributed by atoms with van der Waals surface area (Å²) in [5, 5.41) is 2.94. The molecule has 6 heteroatoms. The van der Waals surface area contributed by atoms with Crippen LogP contribution in [-0.4, -0.2) is 24.3 Å². The number of anilines is 1. The molecule has 1 N–H and O–H groups in total. The van der Waals surface area contributed by atoms with E-state index >= 15 is 0 Å². The maximum absolute atomic E-state index is 11.4. The Morgan fingerprint density at radius 1 is 1.50 bits per heavy atom.